The zero-order chi connectivity index (χ0) is 19.8. The van der Waals surface area contributed by atoms with E-state index in [1.807, 2.05) is 65.0 Å². The van der Waals surface area contributed by atoms with Crippen LogP contribution in [0, 0.1) is 13.8 Å². The number of hydrogen-bond donors (Lipinski definition) is 1. The van der Waals surface area contributed by atoms with E-state index in [-0.39, 0.29) is 12.5 Å². The van der Waals surface area contributed by atoms with Crippen molar-refractivity contribution in [1.82, 2.24) is 14.9 Å². The number of aryl methyl sites for hydroxylation is 2. The first-order valence-electron chi connectivity index (χ1n) is 9.06. The van der Waals surface area contributed by atoms with E-state index < -0.39 is 0 Å². The van der Waals surface area contributed by atoms with Gasteiger partial charge in [0, 0.05) is 24.5 Å². The van der Waals surface area contributed by atoms with Crippen molar-refractivity contribution in [3.05, 3.63) is 47.3 Å². The summed E-state index contributed by atoms with van der Waals surface area (Å²) in [6, 6.07) is 9.37. The highest BCUT2D eigenvalue weighted by atomic mass is 16.5. The average Bonchev–Trinajstić information content (AvgIpc) is 2.65. The monoisotopic (exact) mass is 369 g/mol. The molecule has 1 heterocycles. The minimum Gasteiger partial charge on any atom is -0.484 e. The molecule has 0 aliphatic carbocycles. The molecule has 2 rings (SSSR count). The number of anilines is 1. The first kappa shape index (κ1) is 20.4. The Kier molecular flexibility index (Phi) is 7.28. The second-order valence-corrected chi connectivity index (χ2v) is 6.16. The standard InChI is InChI=1S/C20H27N5O2/c1-6-25(7-2)19(26)13-27-18-10-8-17(9-11-18)16(5)23-24-20-21-14(3)12-15(4)22-20/h8-12H,6-7,13H2,1-5H3,(H,21,22,24)/b23-16-. The molecule has 0 radical (unpaired) electrons. The SMILES string of the molecule is CCN(CC)C(=O)COc1ccc(/C(C)=N\Nc2nc(C)cc(C)n2)cc1. The molecule has 1 aromatic heterocycles. The Morgan fingerprint density at radius 1 is 1.11 bits per heavy atom. The maximum atomic E-state index is 12.0. The average molecular weight is 369 g/mol. The van der Waals surface area contributed by atoms with E-state index in [0.717, 1.165) is 22.7 Å². The Morgan fingerprint density at radius 3 is 2.26 bits per heavy atom. The molecule has 1 amide bonds. The molecule has 0 fully saturated rings. The highest BCUT2D eigenvalue weighted by Crippen LogP contribution is 2.13. The first-order chi connectivity index (χ1) is 12.9. The normalized spacial score (nSPS) is 11.2. The van der Waals surface area contributed by atoms with Gasteiger partial charge in [-0.15, -0.1) is 0 Å². The smallest absolute Gasteiger partial charge is 0.260 e. The summed E-state index contributed by atoms with van der Waals surface area (Å²) in [6.45, 7) is 11.1. The predicted molar refractivity (Wildman–Crippen MR) is 107 cm³/mol. The molecular weight excluding hydrogens is 342 g/mol. The van der Waals surface area contributed by atoms with Gasteiger partial charge in [-0.1, -0.05) is 0 Å². The van der Waals surface area contributed by atoms with Gasteiger partial charge in [0.15, 0.2) is 6.61 Å². The van der Waals surface area contributed by atoms with E-state index in [1.54, 1.807) is 4.90 Å². The van der Waals surface area contributed by atoms with E-state index in [4.69, 9.17) is 4.74 Å². The maximum Gasteiger partial charge on any atom is 0.260 e. The van der Waals surface area contributed by atoms with Crippen LogP contribution >= 0.6 is 0 Å². The van der Waals surface area contributed by atoms with E-state index in [0.29, 0.717) is 24.8 Å². The van der Waals surface area contributed by atoms with Crippen molar-refractivity contribution in [3.8, 4) is 5.75 Å². The predicted octanol–water partition coefficient (Wildman–Crippen LogP) is 3.18. The quantitative estimate of drug-likeness (QED) is 0.571. The number of aromatic nitrogens is 2. The fraction of sp³-hybridized carbons (Fsp3) is 0.400. The number of hydrogen-bond acceptors (Lipinski definition) is 6. The van der Waals surface area contributed by atoms with Gasteiger partial charge in [0.25, 0.3) is 5.91 Å². The van der Waals surface area contributed by atoms with Crippen molar-refractivity contribution in [2.24, 2.45) is 5.10 Å². The second kappa shape index (κ2) is 9.66. The Labute approximate surface area is 160 Å². The molecule has 27 heavy (non-hydrogen) atoms. The molecule has 0 aliphatic heterocycles. The fourth-order valence-electron chi connectivity index (χ4n) is 2.58. The summed E-state index contributed by atoms with van der Waals surface area (Å²) in [4.78, 5) is 22.3. The highest BCUT2D eigenvalue weighted by Gasteiger charge is 2.10. The summed E-state index contributed by atoms with van der Waals surface area (Å²) < 4.78 is 5.58. The summed E-state index contributed by atoms with van der Waals surface area (Å²) in [5.74, 6) is 1.11. The summed E-state index contributed by atoms with van der Waals surface area (Å²) >= 11 is 0. The van der Waals surface area contributed by atoms with Gasteiger partial charge < -0.3 is 9.64 Å². The van der Waals surface area contributed by atoms with E-state index in [9.17, 15) is 4.79 Å². The van der Waals surface area contributed by atoms with Gasteiger partial charge in [-0.2, -0.15) is 5.10 Å². The van der Waals surface area contributed by atoms with Crippen LogP contribution in [-0.4, -0.2) is 46.2 Å². The van der Waals surface area contributed by atoms with Crippen molar-refractivity contribution >= 4 is 17.6 Å². The van der Waals surface area contributed by atoms with Crippen LogP contribution in [0.15, 0.2) is 35.4 Å². The third-order valence-electron chi connectivity index (χ3n) is 4.06. The van der Waals surface area contributed by atoms with Crippen LogP contribution in [0.5, 0.6) is 5.75 Å². The third-order valence-corrected chi connectivity index (χ3v) is 4.06. The first-order valence-corrected chi connectivity index (χ1v) is 9.06. The molecule has 0 saturated heterocycles. The summed E-state index contributed by atoms with van der Waals surface area (Å²) in [5.41, 5.74) is 6.40. The number of nitrogens with zero attached hydrogens (tertiary/aromatic N) is 4. The molecule has 0 aliphatic rings. The van der Waals surface area contributed by atoms with Gasteiger partial charge in [-0.05, 0) is 70.5 Å². The van der Waals surface area contributed by atoms with Gasteiger partial charge in [-0.3, -0.25) is 4.79 Å². The summed E-state index contributed by atoms with van der Waals surface area (Å²) in [5, 5.41) is 4.34. The van der Waals surface area contributed by atoms with Crippen molar-refractivity contribution < 1.29 is 9.53 Å². The number of carbonyl (C=O) groups excluding carboxylic acids is 1. The number of nitrogens with one attached hydrogen (secondary N) is 1. The van der Waals surface area contributed by atoms with Crippen LogP contribution in [0.2, 0.25) is 0 Å². The molecule has 7 heteroatoms. The Bertz CT molecular complexity index is 778. The number of amides is 1. The third kappa shape index (κ3) is 6.06. The number of rotatable bonds is 8. The maximum absolute atomic E-state index is 12.0. The van der Waals surface area contributed by atoms with Gasteiger partial charge in [0.2, 0.25) is 5.95 Å². The molecule has 0 atom stereocenters. The van der Waals surface area contributed by atoms with E-state index in [1.165, 1.54) is 0 Å². The molecule has 1 aromatic carbocycles. The zero-order valence-corrected chi connectivity index (χ0v) is 16.6. The number of hydrazone groups is 1. The van der Waals surface area contributed by atoms with Crippen molar-refractivity contribution in [1.29, 1.82) is 0 Å². The van der Waals surface area contributed by atoms with Crippen molar-refractivity contribution in [3.63, 3.8) is 0 Å². The van der Waals surface area contributed by atoms with Crippen LogP contribution in [0.4, 0.5) is 5.95 Å². The minimum absolute atomic E-state index is 0.0144. The van der Waals surface area contributed by atoms with Crippen LogP contribution in [0.1, 0.15) is 37.7 Å². The van der Waals surface area contributed by atoms with Gasteiger partial charge >= 0.3 is 0 Å². The van der Waals surface area contributed by atoms with Crippen LogP contribution in [0.25, 0.3) is 0 Å². The van der Waals surface area contributed by atoms with Crippen molar-refractivity contribution in [2.45, 2.75) is 34.6 Å². The van der Waals surface area contributed by atoms with Gasteiger partial charge in [0.05, 0.1) is 5.71 Å². The van der Waals surface area contributed by atoms with Gasteiger partial charge in [-0.25, -0.2) is 15.4 Å². The summed E-state index contributed by atoms with van der Waals surface area (Å²) in [6.07, 6.45) is 0. The summed E-state index contributed by atoms with van der Waals surface area (Å²) in [7, 11) is 0. The molecule has 1 N–H and O–H groups in total. The molecule has 0 saturated carbocycles. The van der Waals surface area contributed by atoms with Crippen LogP contribution in [-0.2, 0) is 4.79 Å². The lowest BCUT2D eigenvalue weighted by Crippen LogP contribution is -2.34. The Morgan fingerprint density at radius 2 is 1.70 bits per heavy atom. The lowest BCUT2D eigenvalue weighted by Gasteiger charge is -2.18. The largest absolute Gasteiger partial charge is 0.484 e. The Hall–Kier alpha value is -2.96. The Balaban J connectivity index is 1.96. The minimum atomic E-state index is -0.0144. The number of likely N-dealkylation sites (N-methyl/N-ethyl adjacent to an activating group) is 1. The zero-order valence-electron chi connectivity index (χ0n) is 16.6. The fourth-order valence-corrected chi connectivity index (χ4v) is 2.58. The lowest BCUT2D eigenvalue weighted by atomic mass is 10.1. The molecule has 2 aromatic rings. The number of benzene rings is 1. The second-order valence-electron chi connectivity index (χ2n) is 6.16. The topological polar surface area (TPSA) is 79.7 Å². The van der Waals surface area contributed by atoms with E-state index in [2.05, 4.69) is 20.5 Å². The molecule has 7 nitrogen and oxygen atoms in total. The molecule has 0 spiro atoms. The molecule has 144 valence electrons. The molecule has 0 unspecified atom stereocenters. The van der Waals surface area contributed by atoms with Gasteiger partial charge in [0.1, 0.15) is 5.75 Å². The molecule has 0 bridgehead atoms. The van der Waals surface area contributed by atoms with Crippen LogP contribution < -0.4 is 10.2 Å². The van der Waals surface area contributed by atoms with E-state index >= 15 is 0 Å². The number of ether oxygens (including phenoxy) is 1. The number of carbonyl (C=O) groups is 1. The highest BCUT2D eigenvalue weighted by molar-refractivity contribution is 5.99. The molecular formula is C20H27N5O2. The van der Waals surface area contributed by atoms with Crippen molar-refractivity contribution in [2.75, 3.05) is 25.1 Å². The van der Waals surface area contributed by atoms with Crippen LogP contribution in [0.3, 0.4) is 0 Å². The lowest BCUT2D eigenvalue weighted by molar-refractivity contribution is -0.132.